The van der Waals surface area contributed by atoms with Gasteiger partial charge in [-0.2, -0.15) is 0 Å². The Bertz CT molecular complexity index is 573. The molecule has 19 heavy (non-hydrogen) atoms. The van der Waals surface area contributed by atoms with Crippen molar-refractivity contribution in [3.05, 3.63) is 53.5 Å². The maximum absolute atomic E-state index is 13.3. The number of ether oxygens (including phenoxy) is 1. The van der Waals surface area contributed by atoms with Crippen molar-refractivity contribution in [2.24, 2.45) is 0 Å². The Morgan fingerprint density at radius 1 is 1.11 bits per heavy atom. The Morgan fingerprint density at radius 2 is 1.84 bits per heavy atom. The fourth-order valence-corrected chi connectivity index (χ4v) is 1.49. The normalized spacial score (nSPS) is 10.3. The van der Waals surface area contributed by atoms with E-state index in [2.05, 4.69) is 10.3 Å². The van der Waals surface area contributed by atoms with Gasteiger partial charge in [0.15, 0.2) is 11.6 Å². The summed E-state index contributed by atoms with van der Waals surface area (Å²) in [6.45, 7) is 0.235. The van der Waals surface area contributed by atoms with Gasteiger partial charge < -0.3 is 10.1 Å². The first-order valence-corrected chi connectivity index (χ1v) is 5.47. The van der Waals surface area contributed by atoms with Gasteiger partial charge in [-0.1, -0.05) is 6.07 Å². The van der Waals surface area contributed by atoms with Crippen molar-refractivity contribution in [3.8, 4) is 5.88 Å². The number of hydrogen-bond acceptors (Lipinski definition) is 3. The van der Waals surface area contributed by atoms with Crippen LogP contribution in [0.4, 0.5) is 18.9 Å². The number of pyridine rings is 1. The van der Waals surface area contributed by atoms with Crippen molar-refractivity contribution in [3.63, 3.8) is 0 Å². The monoisotopic (exact) mass is 268 g/mol. The highest BCUT2D eigenvalue weighted by atomic mass is 19.2. The van der Waals surface area contributed by atoms with E-state index in [1.165, 1.54) is 7.11 Å². The summed E-state index contributed by atoms with van der Waals surface area (Å²) in [5.74, 6) is -2.70. The fourth-order valence-electron chi connectivity index (χ4n) is 1.49. The topological polar surface area (TPSA) is 34.1 Å². The van der Waals surface area contributed by atoms with Gasteiger partial charge in [-0.25, -0.2) is 18.2 Å². The quantitative estimate of drug-likeness (QED) is 0.865. The van der Waals surface area contributed by atoms with Gasteiger partial charge in [0.25, 0.3) is 0 Å². The van der Waals surface area contributed by atoms with Crippen molar-refractivity contribution >= 4 is 5.69 Å². The average molecular weight is 268 g/mol. The zero-order chi connectivity index (χ0) is 13.8. The molecule has 100 valence electrons. The van der Waals surface area contributed by atoms with E-state index >= 15 is 0 Å². The van der Waals surface area contributed by atoms with Crippen molar-refractivity contribution in [1.29, 1.82) is 0 Å². The number of aromatic nitrogens is 1. The third-order valence-electron chi connectivity index (χ3n) is 2.50. The molecular weight excluding hydrogens is 257 g/mol. The molecule has 0 saturated carbocycles. The Hall–Kier alpha value is -2.24. The van der Waals surface area contributed by atoms with Gasteiger partial charge in [-0.05, 0) is 5.56 Å². The molecule has 0 aliphatic heterocycles. The predicted molar refractivity (Wildman–Crippen MR) is 64.4 cm³/mol. The predicted octanol–water partition coefficient (Wildman–Crippen LogP) is 3.12. The molecule has 0 aliphatic rings. The van der Waals surface area contributed by atoms with Crippen LogP contribution < -0.4 is 10.1 Å². The first-order valence-electron chi connectivity index (χ1n) is 5.47. The van der Waals surface area contributed by atoms with Crippen molar-refractivity contribution < 1.29 is 17.9 Å². The van der Waals surface area contributed by atoms with Crippen molar-refractivity contribution in [2.75, 3.05) is 12.4 Å². The molecule has 0 saturated heterocycles. The molecule has 0 bridgehead atoms. The Balaban J connectivity index is 2.07. The van der Waals surface area contributed by atoms with Gasteiger partial charge in [0, 0.05) is 30.9 Å². The van der Waals surface area contributed by atoms with E-state index in [-0.39, 0.29) is 12.2 Å². The summed E-state index contributed by atoms with van der Waals surface area (Å²) in [7, 11) is 1.50. The van der Waals surface area contributed by atoms with E-state index in [9.17, 15) is 13.2 Å². The highest BCUT2D eigenvalue weighted by Gasteiger charge is 2.09. The zero-order valence-corrected chi connectivity index (χ0v) is 10.1. The first-order chi connectivity index (χ1) is 9.10. The number of rotatable bonds is 4. The number of nitrogens with zero attached hydrogens (tertiary/aromatic N) is 1. The van der Waals surface area contributed by atoms with Crippen LogP contribution in [0, 0.1) is 17.5 Å². The molecule has 0 aliphatic carbocycles. The second-order valence-corrected chi connectivity index (χ2v) is 3.81. The molecular formula is C13H11F3N2O. The van der Waals surface area contributed by atoms with Crippen LogP contribution in [0.25, 0.3) is 0 Å². The molecule has 0 amide bonds. The van der Waals surface area contributed by atoms with Crippen LogP contribution in [-0.2, 0) is 6.54 Å². The summed E-state index contributed by atoms with van der Waals surface area (Å²) < 4.78 is 44.0. The van der Waals surface area contributed by atoms with Crippen LogP contribution in [0.2, 0.25) is 0 Å². The van der Waals surface area contributed by atoms with Crippen LogP contribution >= 0.6 is 0 Å². The molecule has 1 aromatic carbocycles. The number of nitrogens with one attached hydrogen (secondary N) is 1. The summed E-state index contributed by atoms with van der Waals surface area (Å²) in [6, 6.07) is 4.67. The second kappa shape index (κ2) is 5.60. The van der Waals surface area contributed by atoms with Crippen LogP contribution in [0.5, 0.6) is 5.88 Å². The smallest absolute Gasteiger partial charge is 0.212 e. The minimum atomic E-state index is -1.21. The second-order valence-electron chi connectivity index (χ2n) is 3.81. The highest BCUT2D eigenvalue weighted by Crippen LogP contribution is 2.19. The lowest BCUT2D eigenvalue weighted by Crippen LogP contribution is -2.03. The molecule has 1 heterocycles. The molecule has 0 atom stereocenters. The number of methoxy groups -OCH3 is 1. The van der Waals surface area contributed by atoms with Gasteiger partial charge in [0.1, 0.15) is 5.82 Å². The zero-order valence-electron chi connectivity index (χ0n) is 10.1. The van der Waals surface area contributed by atoms with E-state index in [4.69, 9.17) is 4.74 Å². The lowest BCUT2D eigenvalue weighted by atomic mass is 10.2. The van der Waals surface area contributed by atoms with Gasteiger partial charge >= 0.3 is 0 Å². The molecule has 0 fully saturated rings. The molecule has 0 radical (unpaired) electrons. The van der Waals surface area contributed by atoms with E-state index in [0.717, 1.165) is 11.6 Å². The van der Waals surface area contributed by atoms with Crippen LogP contribution in [0.1, 0.15) is 5.56 Å². The molecule has 0 spiro atoms. The van der Waals surface area contributed by atoms with E-state index in [1.807, 2.05) is 0 Å². The Labute approximate surface area is 108 Å². The number of hydrogen-bond donors (Lipinski definition) is 1. The third kappa shape index (κ3) is 3.15. The van der Waals surface area contributed by atoms with E-state index in [0.29, 0.717) is 11.9 Å². The Morgan fingerprint density at radius 3 is 2.47 bits per heavy atom. The Kier molecular flexibility index (Phi) is 3.89. The summed E-state index contributed by atoms with van der Waals surface area (Å²) in [4.78, 5) is 3.97. The van der Waals surface area contributed by atoms with E-state index < -0.39 is 17.5 Å². The van der Waals surface area contributed by atoms with Gasteiger partial charge in [-0.15, -0.1) is 0 Å². The molecule has 2 aromatic rings. The summed E-state index contributed by atoms with van der Waals surface area (Å²) >= 11 is 0. The molecule has 1 N–H and O–H groups in total. The maximum Gasteiger partial charge on any atom is 0.212 e. The van der Waals surface area contributed by atoms with Crippen LogP contribution in [-0.4, -0.2) is 12.1 Å². The van der Waals surface area contributed by atoms with Gasteiger partial charge in [0.05, 0.1) is 12.8 Å². The maximum atomic E-state index is 13.3. The van der Waals surface area contributed by atoms with Crippen LogP contribution in [0.15, 0.2) is 30.5 Å². The van der Waals surface area contributed by atoms with E-state index in [1.54, 1.807) is 18.3 Å². The van der Waals surface area contributed by atoms with Gasteiger partial charge in [0.2, 0.25) is 5.88 Å². The highest BCUT2D eigenvalue weighted by molar-refractivity contribution is 5.45. The molecule has 0 unspecified atom stereocenters. The summed E-state index contributed by atoms with van der Waals surface area (Å²) in [5.41, 5.74) is 0.652. The largest absolute Gasteiger partial charge is 0.481 e. The summed E-state index contributed by atoms with van der Waals surface area (Å²) in [6.07, 6.45) is 1.55. The lowest BCUT2D eigenvalue weighted by molar-refractivity contribution is 0.397. The third-order valence-corrected chi connectivity index (χ3v) is 2.50. The van der Waals surface area contributed by atoms with Crippen LogP contribution in [0.3, 0.4) is 0 Å². The number of benzene rings is 1. The molecule has 3 nitrogen and oxygen atoms in total. The fraction of sp³-hybridized carbons (Fsp3) is 0.154. The minimum absolute atomic E-state index is 0.102. The lowest BCUT2D eigenvalue weighted by Gasteiger charge is -2.08. The summed E-state index contributed by atoms with van der Waals surface area (Å²) in [5, 5.41) is 2.67. The first kappa shape index (κ1) is 13.2. The standard InChI is InChI=1S/C13H11F3N2O/c1-19-13-3-2-8(7-18-13)6-17-12-5-10(15)9(14)4-11(12)16/h2-5,7,17H,6H2,1H3. The SMILES string of the molecule is COc1ccc(CNc2cc(F)c(F)cc2F)cn1. The van der Waals surface area contributed by atoms with Crippen molar-refractivity contribution in [1.82, 2.24) is 4.98 Å². The van der Waals surface area contributed by atoms with Gasteiger partial charge in [-0.3, -0.25) is 0 Å². The number of halogens is 3. The molecule has 2 rings (SSSR count). The average Bonchev–Trinajstić information content (AvgIpc) is 2.42. The minimum Gasteiger partial charge on any atom is -0.481 e. The van der Waals surface area contributed by atoms with Crippen molar-refractivity contribution in [2.45, 2.75) is 6.54 Å². The molecule has 1 aromatic heterocycles. The number of anilines is 1. The molecule has 6 heteroatoms.